The second kappa shape index (κ2) is 6.21. The zero-order valence-electron chi connectivity index (χ0n) is 6.76. The van der Waals surface area contributed by atoms with Gasteiger partial charge in [-0.1, -0.05) is 0 Å². The van der Waals surface area contributed by atoms with E-state index < -0.39 is 8.53 Å². The molecule has 1 aromatic heterocycles. The van der Waals surface area contributed by atoms with Crippen molar-refractivity contribution in [3.05, 3.63) is 22.1 Å². The number of nitrogens with zero attached hydrogens (tertiary/aromatic N) is 1. The fourth-order valence-corrected chi connectivity index (χ4v) is 0.747. The second-order valence-corrected chi connectivity index (χ2v) is 3.47. The molecule has 0 aliphatic carbocycles. The molecule has 0 spiro atoms. The van der Waals surface area contributed by atoms with Crippen LogP contribution in [0, 0.1) is 6.92 Å². The second-order valence-electron chi connectivity index (χ2n) is 2.02. The van der Waals surface area contributed by atoms with Gasteiger partial charge in [-0.05, 0) is 0 Å². The molecule has 1 radical (unpaired) electrons. The van der Waals surface area contributed by atoms with Gasteiger partial charge >= 0.3 is 59.7 Å². The van der Waals surface area contributed by atoms with Gasteiger partial charge in [-0.25, -0.2) is 0 Å². The zero-order valence-corrected chi connectivity index (χ0v) is 9.37. The molecular weight excluding hydrogens is 260 g/mol. The first-order chi connectivity index (χ1) is 5.93. The number of aromatic nitrogens is 2. The van der Waals surface area contributed by atoms with E-state index in [0.717, 1.165) is 0 Å². The van der Waals surface area contributed by atoms with Gasteiger partial charge in [0.25, 0.3) is 0 Å². The summed E-state index contributed by atoms with van der Waals surface area (Å²) in [7, 11) is -2.12. The summed E-state index contributed by atoms with van der Waals surface area (Å²) in [5.41, 5.74) is 4.84. The molecule has 0 aromatic carbocycles. The van der Waals surface area contributed by atoms with Gasteiger partial charge in [0, 0.05) is 0 Å². The van der Waals surface area contributed by atoms with Gasteiger partial charge in [0.1, 0.15) is 0 Å². The van der Waals surface area contributed by atoms with Crippen molar-refractivity contribution in [2.45, 2.75) is 6.92 Å². The van der Waals surface area contributed by atoms with Crippen molar-refractivity contribution < 1.29 is 9.79 Å². The molecule has 0 amide bonds. The molecule has 0 unspecified atom stereocenters. The Morgan fingerprint density at radius 2 is 2.15 bits per heavy atom. The van der Waals surface area contributed by atoms with E-state index in [1.807, 2.05) is 0 Å². The van der Waals surface area contributed by atoms with E-state index in [9.17, 15) is 4.79 Å². The summed E-state index contributed by atoms with van der Waals surface area (Å²) in [5, 5.41) is 0. The van der Waals surface area contributed by atoms with Crippen LogP contribution < -0.4 is 15.8 Å². The van der Waals surface area contributed by atoms with Gasteiger partial charge < -0.3 is 9.79 Å². The minimum atomic E-state index is -2.12. The third-order valence-electron chi connectivity index (χ3n) is 0.954. The smallest absolute Gasteiger partial charge is 0.247 e. The number of nitrogens with two attached hydrogens (primary N) is 1. The van der Waals surface area contributed by atoms with Crippen molar-refractivity contribution in [1.29, 1.82) is 0 Å². The molecule has 8 heteroatoms. The molecule has 0 bridgehead atoms. The molecule has 5 N–H and O–H groups in total. The van der Waals surface area contributed by atoms with E-state index in [1.54, 1.807) is 6.92 Å². The Bertz CT molecular complexity index is 313. The summed E-state index contributed by atoms with van der Waals surface area (Å²) in [5.74, 6) is 0. The van der Waals surface area contributed by atoms with Crippen LogP contribution in [0.4, 0.5) is 0 Å². The predicted octanol–water partition coefficient (Wildman–Crippen LogP) is -1.97. The van der Waals surface area contributed by atoms with E-state index in [2.05, 4.69) is 31.5 Å². The normalized spacial score (nSPS) is 9.31. The van der Waals surface area contributed by atoms with Crippen molar-refractivity contribution in [3.63, 3.8) is 0 Å². The molecule has 0 aliphatic rings. The summed E-state index contributed by atoms with van der Waals surface area (Å²) in [6.07, 6.45) is 1.53. The van der Waals surface area contributed by atoms with E-state index >= 15 is 0 Å². The Morgan fingerprint density at radius 3 is 2.46 bits per heavy atom. The summed E-state index contributed by atoms with van der Waals surface area (Å²) in [6, 6.07) is 0. The molecule has 0 fully saturated rings. The molecule has 6 nitrogen and oxygen atoms in total. The fraction of sp³-hybridized carbons (Fsp3) is 0.200. The van der Waals surface area contributed by atoms with Crippen LogP contribution in [0.15, 0.2) is 11.0 Å². The monoisotopic (exact) mass is 270 g/mol. The van der Waals surface area contributed by atoms with E-state index in [-0.39, 0.29) is 5.56 Å². The number of hydrogen-bond acceptors (Lipinski definition) is 5. The summed E-state index contributed by atoms with van der Waals surface area (Å²) >= 11 is 2.60. The van der Waals surface area contributed by atoms with Gasteiger partial charge in [-0.3, -0.25) is 5.50 Å². The average Bonchev–Trinajstić information content (AvgIpc) is 1.96. The van der Waals surface area contributed by atoms with Crippen LogP contribution in [0.25, 0.3) is 0 Å². The third kappa shape index (κ3) is 6.83. The Morgan fingerprint density at radius 1 is 1.69 bits per heavy atom. The van der Waals surface area contributed by atoms with Gasteiger partial charge in [0.05, 0.1) is 0 Å². The van der Waals surface area contributed by atoms with Crippen LogP contribution in [0.1, 0.15) is 5.56 Å². The molecule has 0 aliphatic heterocycles. The third-order valence-corrected chi connectivity index (χ3v) is 1.39. The molecule has 0 saturated heterocycles. The van der Waals surface area contributed by atoms with Crippen LogP contribution in [0.2, 0.25) is 0 Å². The SMILES string of the molecule is Cc1cnc([Se])[nH]c1=O.NP(O)O. The quantitative estimate of drug-likeness (QED) is 0.322. The predicted molar refractivity (Wildman–Crippen MR) is 50.5 cm³/mol. The first-order valence-electron chi connectivity index (χ1n) is 3.09. The summed E-state index contributed by atoms with van der Waals surface area (Å²) in [4.78, 5) is 32.0. The van der Waals surface area contributed by atoms with Crippen molar-refractivity contribution >= 4 is 29.3 Å². The average molecular weight is 269 g/mol. The van der Waals surface area contributed by atoms with Crippen LogP contribution in [-0.4, -0.2) is 35.8 Å². The number of H-pyrrole nitrogens is 1. The number of nitrogens with one attached hydrogen (secondary N) is 1. The topological polar surface area (TPSA) is 112 Å². The molecule has 0 atom stereocenters. The van der Waals surface area contributed by atoms with Gasteiger partial charge in [-0.15, -0.1) is 0 Å². The Kier molecular flexibility index (Phi) is 6.07. The van der Waals surface area contributed by atoms with Crippen LogP contribution in [-0.2, 0) is 0 Å². The van der Waals surface area contributed by atoms with Gasteiger partial charge in [-0.2, -0.15) is 0 Å². The molecule has 1 rings (SSSR count). The molecule has 73 valence electrons. The maximum Gasteiger partial charge on any atom is 0.247 e. The number of aromatic amines is 1. The number of rotatable bonds is 0. The zero-order chi connectivity index (χ0) is 10.4. The first-order valence-corrected chi connectivity index (χ1v) is 5.26. The van der Waals surface area contributed by atoms with Gasteiger partial charge in [0.2, 0.25) is 8.53 Å². The van der Waals surface area contributed by atoms with Crippen molar-refractivity contribution in [3.8, 4) is 0 Å². The minimum Gasteiger partial charge on any atom is -0.338 e. The summed E-state index contributed by atoms with van der Waals surface area (Å²) < 4.78 is 0.533. The maximum absolute atomic E-state index is 10.7. The maximum atomic E-state index is 10.7. The Balaban J connectivity index is 0.000000310. The van der Waals surface area contributed by atoms with E-state index in [1.165, 1.54) is 6.20 Å². The van der Waals surface area contributed by atoms with Crippen molar-refractivity contribution in [2.24, 2.45) is 5.50 Å². The molecule has 1 heterocycles. The molecule has 13 heavy (non-hydrogen) atoms. The minimum absolute atomic E-state index is 0.0845. The van der Waals surface area contributed by atoms with Crippen LogP contribution >= 0.6 is 8.53 Å². The fourth-order valence-electron chi connectivity index (χ4n) is 0.442. The first kappa shape index (κ1) is 12.7. The van der Waals surface area contributed by atoms with Crippen LogP contribution in [0.3, 0.4) is 0 Å². The molecular formula is C5H9N3O3PSe. The largest absolute Gasteiger partial charge is 0.338 e. The molecule has 0 saturated carbocycles. The van der Waals surface area contributed by atoms with E-state index in [0.29, 0.717) is 10.3 Å². The standard InChI is InChI=1S/C5H5N2OSe.H4NO2P/c1-3-2-6-5(9)7-4(3)8;1-4(2)3/h2H,1H3,(H,6,7,8);2-3H,1H2. The Hall–Kier alpha value is -0.291. The number of aryl methyl sites for hydroxylation is 1. The van der Waals surface area contributed by atoms with Crippen LogP contribution in [0.5, 0.6) is 0 Å². The van der Waals surface area contributed by atoms with Crippen molar-refractivity contribution in [1.82, 2.24) is 9.97 Å². The number of hydrogen-bond donors (Lipinski definition) is 4. The van der Waals surface area contributed by atoms with Gasteiger partial charge in [0.15, 0.2) is 0 Å². The molecule has 1 aromatic rings. The van der Waals surface area contributed by atoms with E-state index in [4.69, 9.17) is 9.79 Å². The Labute approximate surface area is 84.0 Å². The van der Waals surface area contributed by atoms with Crippen molar-refractivity contribution in [2.75, 3.05) is 0 Å². The summed E-state index contributed by atoms with van der Waals surface area (Å²) in [6.45, 7) is 1.71.